The molecule has 2 aliphatic rings. The second-order valence-electron chi connectivity index (χ2n) is 6.03. The Morgan fingerprint density at radius 2 is 2.20 bits per heavy atom. The highest BCUT2D eigenvalue weighted by atomic mass is 35.5. The van der Waals surface area contributed by atoms with Gasteiger partial charge in [0.25, 0.3) is 0 Å². The highest BCUT2D eigenvalue weighted by Gasteiger charge is 2.45. The lowest BCUT2D eigenvalue weighted by Gasteiger charge is -2.38. The number of aromatic nitrogens is 2. The maximum absolute atomic E-state index is 12.6. The third-order valence-electron chi connectivity index (χ3n) is 4.76. The lowest BCUT2D eigenvalue weighted by Crippen LogP contribution is -2.41. The molecule has 2 fully saturated rings. The first-order valence-electron chi connectivity index (χ1n) is 7.08. The normalized spacial score (nSPS) is 21.4. The molecule has 1 spiro atoms. The van der Waals surface area contributed by atoms with E-state index in [1.54, 1.807) is 10.9 Å². The van der Waals surface area contributed by atoms with E-state index >= 15 is 0 Å². The molecular weight excluding hydrogens is 276 g/mol. The van der Waals surface area contributed by atoms with Gasteiger partial charge in [-0.15, -0.1) is 12.4 Å². The molecule has 2 heterocycles. The van der Waals surface area contributed by atoms with Gasteiger partial charge in [-0.1, -0.05) is 6.42 Å². The number of likely N-dealkylation sites (tertiary alicyclic amines) is 1. The largest absolute Gasteiger partial charge is 0.340 e. The molecule has 20 heavy (non-hydrogen) atoms. The van der Waals surface area contributed by atoms with Crippen molar-refractivity contribution in [3.63, 3.8) is 0 Å². The van der Waals surface area contributed by atoms with Gasteiger partial charge >= 0.3 is 0 Å². The molecule has 0 bridgehead atoms. The number of nitrogens with one attached hydrogen (secondary N) is 1. The maximum atomic E-state index is 12.6. The lowest BCUT2D eigenvalue weighted by atomic mass is 9.68. The van der Waals surface area contributed by atoms with Crippen LogP contribution in [0.25, 0.3) is 0 Å². The van der Waals surface area contributed by atoms with Crippen molar-refractivity contribution >= 4 is 18.3 Å². The van der Waals surface area contributed by atoms with E-state index in [1.807, 2.05) is 25.2 Å². The van der Waals surface area contributed by atoms with Gasteiger partial charge in [0.2, 0.25) is 5.91 Å². The van der Waals surface area contributed by atoms with Gasteiger partial charge in [0.15, 0.2) is 0 Å². The van der Waals surface area contributed by atoms with Crippen LogP contribution in [0.4, 0.5) is 0 Å². The van der Waals surface area contributed by atoms with E-state index in [-0.39, 0.29) is 24.4 Å². The minimum atomic E-state index is -0.260. The number of halogens is 1. The van der Waals surface area contributed by atoms with Crippen molar-refractivity contribution in [1.29, 1.82) is 0 Å². The average molecular weight is 299 g/mol. The van der Waals surface area contributed by atoms with Crippen LogP contribution in [0.2, 0.25) is 0 Å². The monoisotopic (exact) mass is 298 g/mol. The number of aryl methyl sites for hydroxylation is 1. The van der Waals surface area contributed by atoms with E-state index < -0.39 is 0 Å². The van der Waals surface area contributed by atoms with E-state index in [2.05, 4.69) is 10.4 Å². The molecule has 1 aliphatic heterocycles. The molecule has 6 heteroatoms. The highest BCUT2D eigenvalue weighted by Crippen LogP contribution is 2.48. The number of nitrogens with zero attached hydrogens (tertiary/aromatic N) is 3. The fourth-order valence-electron chi connectivity index (χ4n) is 3.41. The van der Waals surface area contributed by atoms with Crippen molar-refractivity contribution in [1.82, 2.24) is 20.0 Å². The van der Waals surface area contributed by atoms with Gasteiger partial charge in [0.1, 0.15) is 6.04 Å². The second-order valence-corrected chi connectivity index (χ2v) is 6.03. The smallest absolute Gasteiger partial charge is 0.244 e. The van der Waals surface area contributed by atoms with Crippen LogP contribution in [0.3, 0.4) is 0 Å². The number of amides is 1. The van der Waals surface area contributed by atoms with Crippen LogP contribution < -0.4 is 5.32 Å². The number of hydrogen-bond donors (Lipinski definition) is 1. The van der Waals surface area contributed by atoms with Crippen LogP contribution >= 0.6 is 12.4 Å². The molecule has 1 saturated carbocycles. The zero-order valence-corrected chi connectivity index (χ0v) is 12.9. The molecule has 3 rings (SSSR count). The van der Waals surface area contributed by atoms with Crippen LogP contribution in [0.1, 0.15) is 37.3 Å². The van der Waals surface area contributed by atoms with Gasteiger partial charge in [0.05, 0.1) is 6.20 Å². The second kappa shape index (κ2) is 5.74. The Bertz CT molecular complexity index is 483. The van der Waals surface area contributed by atoms with Crippen LogP contribution in [0, 0.1) is 5.41 Å². The predicted octanol–water partition coefficient (Wildman–Crippen LogP) is 1.50. The Morgan fingerprint density at radius 3 is 2.65 bits per heavy atom. The summed E-state index contributed by atoms with van der Waals surface area (Å²) in [5.41, 5.74) is 1.41. The maximum Gasteiger partial charge on any atom is 0.244 e. The first-order chi connectivity index (χ1) is 9.13. The zero-order valence-electron chi connectivity index (χ0n) is 12.1. The number of rotatable bonds is 3. The highest BCUT2D eigenvalue weighted by molar-refractivity contribution is 5.85. The van der Waals surface area contributed by atoms with Crippen molar-refractivity contribution in [3.05, 3.63) is 18.0 Å². The summed E-state index contributed by atoms with van der Waals surface area (Å²) in [5, 5.41) is 7.28. The molecule has 1 amide bonds. The molecule has 1 atom stereocenters. The van der Waals surface area contributed by atoms with Crippen molar-refractivity contribution in [2.45, 2.75) is 31.7 Å². The fourth-order valence-corrected chi connectivity index (χ4v) is 3.41. The lowest BCUT2D eigenvalue weighted by molar-refractivity contribution is -0.133. The Morgan fingerprint density at radius 1 is 1.45 bits per heavy atom. The number of carbonyl (C=O) groups excluding carboxylic acids is 1. The van der Waals surface area contributed by atoms with Gasteiger partial charge in [0, 0.05) is 31.9 Å². The van der Waals surface area contributed by atoms with Gasteiger partial charge in [-0.05, 0) is 31.7 Å². The Labute approximate surface area is 126 Å². The predicted molar refractivity (Wildman–Crippen MR) is 79.7 cm³/mol. The molecule has 112 valence electrons. The summed E-state index contributed by atoms with van der Waals surface area (Å²) in [7, 11) is 3.71. The SMILES string of the molecule is CNC(C(=O)N1CCC2(CCC2)C1)c1cnn(C)c1.Cl. The summed E-state index contributed by atoms with van der Waals surface area (Å²) in [6.45, 7) is 1.86. The number of hydrogen-bond acceptors (Lipinski definition) is 3. The van der Waals surface area contributed by atoms with E-state index in [1.165, 1.54) is 25.7 Å². The molecule has 1 saturated heterocycles. The topological polar surface area (TPSA) is 50.2 Å². The third-order valence-corrected chi connectivity index (χ3v) is 4.76. The molecular formula is C14H23ClN4O. The van der Waals surface area contributed by atoms with Gasteiger partial charge < -0.3 is 10.2 Å². The average Bonchev–Trinajstić information content (AvgIpc) is 2.96. The number of carbonyl (C=O) groups is 1. The molecule has 5 nitrogen and oxygen atoms in total. The summed E-state index contributed by atoms with van der Waals surface area (Å²) >= 11 is 0. The van der Waals surface area contributed by atoms with E-state index in [0.717, 1.165) is 18.7 Å². The van der Waals surface area contributed by atoms with Crippen LogP contribution in [0.5, 0.6) is 0 Å². The molecule has 1 aromatic heterocycles. The molecule has 1 aromatic rings. The van der Waals surface area contributed by atoms with Crippen molar-refractivity contribution in [2.24, 2.45) is 12.5 Å². The Balaban J connectivity index is 0.00000147. The molecule has 1 unspecified atom stereocenters. The van der Waals surface area contributed by atoms with E-state index in [9.17, 15) is 4.79 Å². The minimum Gasteiger partial charge on any atom is -0.340 e. The zero-order chi connectivity index (χ0) is 13.5. The molecule has 1 N–H and O–H groups in total. The molecule has 0 radical (unpaired) electrons. The van der Waals surface area contributed by atoms with Crippen LogP contribution in [-0.2, 0) is 11.8 Å². The quantitative estimate of drug-likeness (QED) is 0.920. The summed E-state index contributed by atoms with van der Waals surface area (Å²) < 4.78 is 1.74. The summed E-state index contributed by atoms with van der Waals surface area (Å²) in [4.78, 5) is 14.7. The van der Waals surface area contributed by atoms with Crippen molar-refractivity contribution in [3.8, 4) is 0 Å². The van der Waals surface area contributed by atoms with Crippen molar-refractivity contribution in [2.75, 3.05) is 20.1 Å². The summed E-state index contributed by atoms with van der Waals surface area (Å²) in [6, 6.07) is -0.260. The third kappa shape index (κ3) is 2.56. The fraction of sp³-hybridized carbons (Fsp3) is 0.714. The summed E-state index contributed by atoms with van der Waals surface area (Å²) in [5.74, 6) is 0.194. The van der Waals surface area contributed by atoms with Gasteiger partial charge in [-0.2, -0.15) is 5.10 Å². The first-order valence-corrected chi connectivity index (χ1v) is 7.08. The summed E-state index contributed by atoms with van der Waals surface area (Å²) in [6.07, 6.45) is 8.80. The molecule has 1 aliphatic carbocycles. The Hall–Kier alpha value is -1.07. The molecule has 0 aromatic carbocycles. The minimum absolute atomic E-state index is 0. The van der Waals surface area contributed by atoms with E-state index in [4.69, 9.17) is 0 Å². The standard InChI is InChI=1S/C14H22N4O.ClH/c1-15-12(11-8-16-17(2)9-11)13(19)18-7-6-14(10-18)4-3-5-14;/h8-9,12,15H,3-7,10H2,1-2H3;1H. The Kier molecular flexibility index (Phi) is 4.39. The van der Waals surface area contributed by atoms with E-state index in [0.29, 0.717) is 5.41 Å². The van der Waals surface area contributed by atoms with Gasteiger partial charge in [-0.25, -0.2) is 0 Å². The van der Waals surface area contributed by atoms with Crippen LogP contribution in [-0.4, -0.2) is 40.7 Å². The van der Waals surface area contributed by atoms with Crippen molar-refractivity contribution < 1.29 is 4.79 Å². The first kappa shape index (κ1) is 15.3. The van der Waals surface area contributed by atoms with Crippen LogP contribution in [0.15, 0.2) is 12.4 Å². The number of likely N-dealkylation sites (N-methyl/N-ethyl adjacent to an activating group) is 1. The van der Waals surface area contributed by atoms with Gasteiger partial charge in [-0.3, -0.25) is 9.48 Å².